The summed E-state index contributed by atoms with van der Waals surface area (Å²) in [6.07, 6.45) is 1.22. The minimum atomic E-state index is -1.36. The molecule has 7 nitrogen and oxygen atoms in total. The molecule has 0 spiro atoms. The number of anilines is 1. The molecule has 23 heavy (non-hydrogen) atoms. The molecule has 1 aliphatic heterocycles. The number of aromatic nitrogens is 2. The van der Waals surface area contributed by atoms with Gasteiger partial charge < -0.3 is 19.7 Å². The van der Waals surface area contributed by atoms with E-state index in [2.05, 4.69) is 4.98 Å². The molecule has 0 radical (unpaired) electrons. The first-order valence-corrected chi connectivity index (χ1v) is 7.32. The molecule has 122 valence electrons. The van der Waals surface area contributed by atoms with Crippen molar-refractivity contribution in [2.24, 2.45) is 0 Å². The van der Waals surface area contributed by atoms with Gasteiger partial charge in [-0.15, -0.1) is 0 Å². The lowest BCUT2D eigenvalue weighted by Gasteiger charge is -2.19. The third kappa shape index (κ3) is 2.55. The molecule has 1 aliphatic rings. The van der Waals surface area contributed by atoms with Crippen LogP contribution in [0.2, 0.25) is 0 Å². The van der Waals surface area contributed by atoms with Crippen LogP contribution in [0, 0.1) is 5.82 Å². The van der Waals surface area contributed by atoms with Gasteiger partial charge in [0.2, 0.25) is 5.43 Å². The van der Waals surface area contributed by atoms with Crippen molar-refractivity contribution in [1.82, 2.24) is 9.55 Å². The molecule has 3 heterocycles. The van der Waals surface area contributed by atoms with E-state index < -0.39 is 28.9 Å². The second-order valence-electron chi connectivity index (χ2n) is 5.52. The summed E-state index contributed by atoms with van der Waals surface area (Å²) in [6.45, 7) is 2.91. The van der Waals surface area contributed by atoms with Crippen LogP contribution in [0.1, 0.15) is 23.7 Å². The maximum Gasteiger partial charge on any atom is 0.341 e. The number of carbonyl (C=O) groups is 1. The van der Waals surface area contributed by atoms with Crippen molar-refractivity contribution in [2.45, 2.75) is 26.0 Å². The first-order valence-electron chi connectivity index (χ1n) is 7.32. The molecule has 1 fully saturated rings. The molecule has 0 amide bonds. The summed E-state index contributed by atoms with van der Waals surface area (Å²) in [6, 6.07) is 1.03. The highest BCUT2D eigenvalue weighted by atomic mass is 19.1. The van der Waals surface area contributed by atoms with Crippen molar-refractivity contribution < 1.29 is 19.4 Å². The van der Waals surface area contributed by atoms with Gasteiger partial charge in [0.25, 0.3) is 0 Å². The Hall–Kier alpha value is -2.48. The lowest BCUT2D eigenvalue weighted by molar-refractivity contribution is 0.0695. The first-order chi connectivity index (χ1) is 10.9. The summed E-state index contributed by atoms with van der Waals surface area (Å²) in [7, 11) is 0. The number of fused-ring (bicyclic) bond motifs is 1. The van der Waals surface area contributed by atoms with Gasteiger partial charge in [0.15, 0.2) is 11.6 Å². The van der Waals surface area contributed by atoms with Gasteiger partial charge in [0, 0.05) is 25.8 Å². The Kier molecular flexibility index (Phi) is 3.77. The van der Waals surface area contributed by atoms with Gasteiger partial charge in [-0.3, -0.25) is 4.79 Å². The number of hydrogen-bond donors (Lipinski definition) is 2. The monoisotopic (exact) mass is 321 g/mol. The number of aromatic carboxylic acids is 1. The Balaban J connectivity index is 2.25. The fraction of sp³-hybridized carbons (Fsp3) is 0.400. The molecule has 2 N–H and O–H groups in total. The van der Waals surface area contributed by atoms with Crippen molar-refractivity contribution in [3.63, 3.8) is 0 Å². The normalized spacial score (nSPS) is 17.9. The summed E-state index contributed by atoms with van der Waals surface area (Å²) < 4.78 is 15.9. The van der Waals surface area contributed by atoms with Crippen LogP contribution in [0.3, 0.4) is 0 Å². The second-order valence-corrected chi connectivity index (χ2v) is 5.52. The smallest absolute Gasteiger partial charge is 0.341 e. The van der Waals surface area contributed by atoms with E-state index in [0.717, 1.165) is 6.07 Å². The Bertz CT molecular complexity index is 849. The number of hydrogen-bond acceptors (Lipinski definition) is 5. The van der Waals surface area contributed by atoms with Crippen LogP contribution < -0.4 is 10.3 Å². The third-order valence-electron chi connectivity index (χ3n) is 4.02. The zero-order valence-corrected chi connectivity index (χ0v) is 12.5. The third-order valence-corrected chi connectivity index (χ3v) is 4.02. The average Bonchev–Trinajstić information content (AvgIpc) is 2.93. The van der Waals surface area contributed by atoms with Crippen molar-refractivity contribution in [2.75, 3.05) is 18.0 Å². The lowest BCUT2D eigenvalue weighted by atomic mass is 10.2. The van der Waals surface area contributed by atoms with Gasteiger partial charge in [-0.05, 0) is 19.4 Å². The number of pyridine rings is 2. The second kappa shape index (κ2) is 5.62. The molecule has 8 heteroatoms. The number of carboxylic acid groups (broad SMARTS) is 1. The highest BCUT2D eigenvalue weighted by molar-refractivity contribution is 5.92. The number of β-amino-alcohol motifs (C(OH)–C–C–N with tert-alkyl or cyclic N) is 1. The van der Waals surface area contributed by atoms with Crippen LogP contribution >= 0.6 is 0 Å². The van der Waals surface area contributed by atoms with Crippen molar-refractivity contribution in [3.8, 4) is 0 Å². The average molecular weight is 321 g/mol. The molecule has 3 rings (SSSR count). The summed E-state index contributed by atoms with van der Waals surface area (Å²) in [5.41, 5.74) is -0.929. The van der Waals surface area contributed by atoms with E-state index in [4.69, 9.17) is 5.11 Å². The predicted molar refractivity (Wildman–Crippen MR) is 81.4 cm³/mol. The van der Waals surface area contributed by atoms with Crippen molar-refractivity contribution in [1.29, 1.82) is 0 Å². The van der Waals surface area contributed by atoms with Gasteiger partial charge >= 0.3 is 5.97 Å². The van der Waals surface area contributed by atoms with E-state index in [9.17, 15) is 19.1 Å². The van der Waals surface area contributed by atoms with Crippen LogP contribution in [0.4, 0.5) is 10.2 Å². The van der Waals surface area contributed by atoms with Crippen molar-refractivity contribution in [3.05, 3.63) is 33.9 Å². The van der Waals surface area contributed by atoms with Gasteiger partial charge in [0.1, 0.15) is 11.2 Å². The number of halogens is 1. The fourth-order valence-electron chi connectivity index (χ4n) is 2.83. The highest BCUT2D eigenvalue weighted by Gasteiger charge is 2.25. The molecule has 1 atom stereocenters. The van der Waals surface area contributed by atoms with E-state index in [-0.39, 0.29) is 23.4 Å². The molecule has 2 aromatic rings. The Morgan fingerprint density at radius 3 is 2.83 bits per heavy atom. The topological polar surface area (TPSA) is 95.7 Å². The zero-order chi connectivity index (χ0) is 16.7. The summed E-state index contributed by atoms with van der Waals surface area (Å²) >= 11 is 0. The van der Waals surface area contributed by atoms with Gasteiger partial charge in [0.05, 0.1) is 11.5 Å². The van der Waals surface area contributed by atoms with E-state index >= 15 is 0 Å². The molecule has 0 aliphatic carbocycles. The maximum atomic E-state index is 14.4. The van der Waals surface area contributed by atoms with Crippen LogP contribution in [-0.4, -0.2) is 44.9 Å². The molecule has 0 aromatic carbocycles. The number of nitrogens with zero attached hydrogens (tertiary/aromatic N) is 3. The molecule has 1 saturated heterocycles. The van der Waals surface area contributed by atoms with Crippen LogP contribution in [0.15, 0.2) is 17.1 Å². The van der Waals surface area contributed by atoms with Crippen molar-refractivity contribution >= 4 is 22.8 Å². The van der Waals surface area contributed by atoms with Gasteiger partial charge in [-0.1, -0.05) is 0 Å². The lowest BCUT2D eigenvalue weighted by Crippen LogP contribution is -2.25. The molecule has 2 aromatic heterocycles. The molecule has 1 unspecified atom stereocenters. The Morgan fingerprint density at radius 1 is 1.52 bits per heavy atom. The quantitative estimate of drug-likeness (QED) is 0.869. The largest absolute Gasteiger partial charge is 0.477 e. The summed E-state index contributed by atoms with van der Waals surface area (Å²) in [5.74, 6) is -1.99. The summed E-state index contributed by atoms with van der Waals surface area (Å²) in [4.78, 5) is 29.2. The minimum absolute atomic E-state index is 0.0623. The molecular weight excluding hydrogens is 305 g/mol. The van der Waals surface area contributed by atoms with E-state index in [1.54, 1.807) is 11.8 Å². The maximum absolute atomic E-state index is 14.4. The van der Waals surface area contributed by atoms with Crippen LogP contribution in [0.5, 0.6) is 0 Å². The summed E-state index contributed by atoms with van der Waals surface area (Å²) in [5, 5.41) is 18.6. The SMILES string of the molecule is CCn1cc(C(=O)O)c(=O)c2cc(F)c(N3CCC(O)C3)nc21. The molecule has 0 bridgehead atoms. The molecular formula is C15H16FN3O4. The van der Waals surface area contributed by atoms with Gasteiger partial charge in [-0.25, -0.2) is 14.2 Å². The number of carboxylic acids is 1. The van der Waals surface area contributed by atoms with Crippen LogP contribution in [0.25, 0.3) is 11.0 Å². The Morgan fingerprint density at radius 2 is 2.26 bits per heavy atom. The number of aliphatic hydroxyl groups is 1. The highest BCUT2D eigenvalue weighted by Crippen LogP contribution is 2.24. The number of aliphatic hydroxyl groups excluding tert-OH is 1. The van der Waals surface area contributed by atoms with Gasteiger partial charge in [-0.2, -0.15) is 0 Å². The predicted octanol–water partition coefficient (Wildman–Crippen LogP) is 0.825. The Labute approximate surface area is 130 Å². The molecule has 0 saturated carbocycles. The minimum Gasteiger partial charge on any atom is -0.477 e. The van der Waals surface area contributed by atoms with Crippen LogP contribution in [-0.2, 0) is 6.54 Å². The fourth-order valence-corrected chi connectivity index (χ4v) is 2.83. The number of aryl methyl sites for hydroxylation is 1. The first kappa shape index (κ1) is 15.4. The zero-order valence-electron chi connectivity index (χ0n) is 12.5. The van der Waals surface area contributed by atoms with E-state index in [1.165, 1.54) is 10.8 Å². The van der Waals surface area contributed by atoms with E-state index in [1.807, 2.05) is 0 Å². The number of rotatable bonds is 3. The van der Waals surface area contributed by atoms with E-state index in [0.29, 0.717) is 19.5 Å². The standard InChI is InChI=1S/C15H16FN3O4/c1-2-18-7-10(15(22)23)12(21)9-5-11(16)14(17-13(9)18)19-4-3-8(20)6-19/h5,7-8,20H,2-4,6H2,1H3,(H,22,23).